The largest absolute Gasteiger partial charge is 0.501 e. The molecule has 0 atom stereocenters. The van der Waals surface area contributed by atoms with Gasteiger partial charge in [-0.1, -0.05) is 0 Å². The van der Waals surface area contributed by atoms with E-state index in [2.05, 4.69) is 4.98 Å². The van der Waals surface area contributed by atoms with Crippen molar-refractivity contribution in [2.45, 2.75) is 43.3 Å². The molecular formula is C20H20F3N3O5S. The highest BCUT2D eigenvalue weighted by molar-refractivity contribution is 7.92. The molecule has 0 bridgehead atoms. The SMILES string of the molecule is CCOc1cnccc1CN1C(=O)N(c2ccc(S(=O)(=O)C(F)(F)F)cc2)C(=O)C1(C)C. The van der Waals surface area contributed by atoms with Gasteiger partial charge in [0.1, 0.15) is 11.3 Å². The molecule has 0 unspecified atom stereocenters. The number of hydrogen-bond donors (Lipinski definition) is 0. The lowest BCUT2D eigenvalue weighted by atomic mass is 10.0. The number of benzene rings is 1. The summed E-state index contributed by atoms with van der Waals surface area (Å²) in [5.41, 5.74) is -6.17. The average molecular weight is 471 g/mol. The first-order valence-corrected chi connectivity index (χ1v) is 10.9. The second kappa shape index (κ2) is 8.08. The highest BCUT2D eigenvalue weighted by Gasteiger charge is 2.52. The Morgan fingerprint density at radius 2 is 1.72 bits per heavy atom. The maximum Gasteiger partial charge on any atom is 0.501 e. The van der Waals surface area contributed by atoms with Crippen molar-refractivity contribution >= 4 is 27.5 Å². The van der Waals surface area contributed by atoms with Crippen LogP contribution in [0, 0.1) is 0 Å². The lowest BCUT2D eigenvalue weighted by Gasteiger charge is -2.28. The van der Waals surface area contributed by atoms with Gasteiger partial charge in [-0.05, 0) is 51.1 Å². The summed E-state index contributed by atoms with van der Waals surface area (Å²) in [5, 5.41) is 0. The van der Waals surface area contributed by atoms with Crippen LogP contribution in [0.25, 0.3) is 0 Å². The van der Waals surface area contributed by atoms with Crippen LogP contribution in [0.2, 0.25) is 0 Å². The van der Waals surface area contributed by atoms with Crippen molar-refractivity contribution in [1.29, 1.82) is 0 Å². The number of nitrogens with zero attached hydrogens (tertiary/aromatic N) is 3. The molecule has 0 N–H and O–H groups in total. The zero-order valence-corrected chi connectivity index (χ0v) is 18.2. The van der Waals surface area contributed by atoms with Gasteiger partial charge in [0.15, 0.2) is 0 Å². The summed E-state index contributed by atoms with van der Waals surface area (Å²) in [5.74, 6) is -0.160. The second-order valence-corrected chi connectivity index (χ2v) is 9.37. The highest BCUT2D eigenvalue weighted by Crippen LogP contribution is 2.36. The lowest BCUT2D eigenvalue weighted by Crippen LogP contribution is -2.43. The number of urea groups is 1. The van der Waals surface area contributed by atoms with E-state index in [1.807, 2.05) is 0 Å². The number of pyridine rings is 1. The Morgan fingerprint density at radius 3 is 2.28 bits per heavy atom. The topological polar surface area (TPSA) is 96.9 Å². The van der Waals surface area contributed by atoms with E-state index >= 15 is 0 Å². The highest BCUT2D eigenvalue weighted by atomic mass is 32.2. The van der Waals surface area contributed by atoms with E-state index in [-0.39, 0.29) is 12.2 Å². The van der Waals surface area contributed by atoms with Crippen LogP contribution in [0.1, 0.15) is 26.3 Å². The van der Waals surface area contributed by atoms with Gasteiger partial charge in [0.25, 0.3) is 15.7 Å². The van der Waals surface area contributed by atoms with E-state index in [4.69, 9.17) is 4.74 Å². The summed E-state index contributed by atoms with van der Waals surface area (Å²) in [7, 11) is -5.55. The number of sulfone groups is 1. The first kappa shape index (κ1) is 23.5. The van der Waals surface area contributed by atoms with Crippen LogP contribution in [-0.4, -0.2) is 47.9 Å². The molecule has 1 aromatic heterocycles. The molecule has 1 aliphatic heterocycles. The predicted octanol–water partition coefficient (Wildman–Crippen LogP) is 3.52. The number of amides is 3. The van der Waals surface area contributed by atoms with Crippen LogP contribution < -0.4 is 9.64 Å². The monoisotopic (exact) mass is 471 g/mol. The van der Waals surface area contributed by atoms with Gasteiger partial charge in [0, 0.05) is 11.8 Å². The standard InChI is InChI=1S/C20H20F3N3O5S/c1-4-31-16-11-24-10-9-13(16)12-25-18(28)26(17(27)19(25,2)3)14-5-7-15(8-6-14)32(29,30)20(21,22)23/h5-11H,4,12H2,1-3H3. The Morgan fingerprint density at radius 1 is 1.09 bits per heavy atom. The van der Waals surface area contributed by atoms with Crippen molar-refractivity contribution in [2.75, 3.05) is 11.5 Å². The number of anilines is 1. The van der Waals surface area contributed by atoms with Gasteiger partial charge < -0.3 is 9.64 Å². The van der Waals surface area contributed by atoms with E-state index in [9.17, 15) is 31.2 Å². The molecule has 0 radical (unpaired) electrons. The molecule has 3 rings (SSSR count). The fraction of sp³-hybridized carbons (Fsp3) is 0.350. The number of ether oxygens (including phenoxy) is 1. The fourth-order valence-corrected chi connectivity index (χ4v) is 3.99. The molecule has 2 heterocycles. The zero-order chi connectivity index (χ0) is 23.9. The third-order valence-electron chi connectivity index (χ3n) is 5.03. The van der Waals surface area contributed by atoms with Crippen molar-refractivity contribution < 1.29 is 35.9 Å². The van der Waals surface area contributed by atoms with Crippen LogP contribution in [0.15, 0.2) is 47.6 Å². The molecule has 0 saturated carbocycles. The van der Waals surface area contributed by atoms with Gasteiger partial charge in [-0.15, -0.1) is 0 Å². The summed E-state index contributed by atoms with van der Waals surface area (Å²) in [6, 6.07) is 4.36. The third-order valence-corrected chi connectivity index (χ3v) is 6.53. The minimum atomic E-state index is -5.55. The summed E-state index contributed by atoms with van der Waals surface area (Å²) < 4.78 is 66.9. The Kier molecular flexibility index (Phi) is 5.94. The summed E-state index contributed by atoms with van der Waals surface area (Å²) >= 11 is 0. The summed E-state index contributed by atoms with van der Waals surface area (Å²) in [6.07, 6.45) is 3.01. The van der Waals surface area contributed by atoms with E-state index < -0.39 is 37.7 Å². The summed E-state index contributed by atoms with van der Waals surface area (Å²) in [4.78, 5) is 31.2. The molecular weight excluding hydrogens is 451 g/mol. The van der Waals surface area contributed by atoms with Crippen molar-refractivity contribution in [1.82, 2.24) is 9.88 Å². The number of aromatic nitrogens is 1. The number of carbonyl (C=O) groups is 2. The molecule has 1 saturated heterocycles. The quantitative estimate of drug-likeness (QED) is 0.598. The smallest absolute Gasteiger partial charge is 0.492 e. The molecule has 1 aliphatic rings. The number of hydrogen-bond acceptors (Lipinski definition) is 6. The normalized spacial score (nSPS) is 16.6. The van der Waals surface area contributed by atoms with Gasteiger partial charge in [-0.3, -0.25) is 9.78 Å². The van der Waals surface area contributed by atoms with E-state index in [0.29, 0.717) is 30.1 Å². The van der Waals surface area contributed by atoms with Crippen LogP contribution in [0.3, 0.4) is 0 Å². The van der Waals surface area contributed by atoms with Crippen molar-refractivity contribution in [3.8, 4) is 5.75 Å². The van der Waals surface area contributed by atoms with Crippen LogP contribution in [-0.2, 0) is 21.2 Å². The number of carbonyl (C=O) groups excluding carboxylic acids is 2. The number of rotatable bonds is 6. The zero-order valence-electron chi connectivity index (χ0n) is 17.4. The minimum Gasteiger partial charge on any atom is -0.492 e. The molecule has 8 nitrogen and oxygen atoms in total. The molecule has 172 valence electrons. The molecule has 0 spiro atoms. The summed E-state index contributed by atoms with van der Waals surface area (Å²) in [6.45, 7) is 5.25. The van der Waals surface area contributed by atoms with Crippen LogP contribution >= 0.6 is 0 Å². The van der Waals surface area contributed by atoms with Gasteiger partial charge in [-0.2, -0.15) is 13.2 Å². The molecule has 1 fully saturated rings. The minimum absolute atomic E-state index is 0.0203. The maximum atomic E-state index is 13.1. The third kappa shape index (κ3) is 3.90. The number of alkyl halides is 3. The van der Waals surface area contributed by atoms with Gasteiger partial charge in [-0.25, -0.2) is 18.1 Å². The van der Waals surface area contributed by atoms with E-state index in [0.717, 1.165) is 17.0 Å². The van der Waals surface area contributed by atoms with E-state index in [1.54, 1.807) is 13.0 Å². The van der Waals surface area contributed by atoms with Crippen molar-refractivity contribution in [2.24, 2.45) is 0 Å². The second-order valence-electron chi connectivity index (χ2n) is 7.43. The Labute approximate surface area is 182 Å². The molecule has 3 amide bonds. The predicted molar refractivity (Wildman–Crippen MR) is 108 cm³/mol. The Bertz CT molecular complexity index is 1150. The molecule has 2 aromatic rings. The molecule has 0 aliphatic carbocycles. The number of imide groups is 1. The molecule has 32 heavy (non-hydrogen) atoms. The van der Waals surface area contributed by atoms with Gasteiger partial charge in [0.2, 0.25) is 0 Å². The first-order valence-electron chi connectivity index (χ1n) is 9.45. The maximum absolute atomic E-state index is 13.1. The lowest BCUT2D eigenvalue weighted by molar-refractivity contribution is -0.123. The molecule has 1 aromatic carbocycles. The van der Waals surface area contributed by atoms with Crippen molar-refractivity contribution in [3.63, 3.8) is 0 Å². The Balaban J connectivity index is 1.94. The van der Waals surface area contributed by atoms with Gasteiger partial charge in [0.05, 0.1) is 29.9 Å². The van der Waals surface area contributed by atoms with E-state index in [1.165, 1.54) is 31.1 Å². The van der Waals surface area contributed by atoms with Crippen molar-refractivity contribution in [3.05, 3.63) is 48.3 Å². The van der Waals surface area contributed by atoms with Crippen LogP contribution in [0.5, 0.6) is 5.75 Å². The Hall–Kier alpha value is -3.15. The van der Waals surface area contributed by atoms with Crippen LogP contribution in [0.4, 0.5) is 23.7 Å². The van der Waals surface area contributed by atoms with Gasteiger partial charge >= 0.3 is 11.5 Å². The molecule has 12 heteroatoms. The number of halogens is 3. The fourth-order valence-electron chi connectivity index (χ4n) is 3.23. The average Bonchev–Trinajstić information content (AvgIpc) is 2.88. The first-order chi connectivity index (χ1) is 14.8.